The van der Waals surface area contributed by atoms with Gasteiger partial charge in [-0.2, -0.15) is 0 Å². The standard InChI is InChI=1S/C20H30N4O3/c1-13(2)18(25)23-16-8-6-15(7-9-16)10-22-20(21-4)24-11-14(3)17(12-24)19(26)27-5/h6-9,13-14,17H,10-12H2,1-5H3,(H,21,22)(H,23,25). The highest BCUT2D eigenvalue weighted by atomic mass is 16.5. The number of nitrogens with one attached hydrogen (secondary N) is 2. The molecule has 148 valence electrons. The monoisotopic (exact) mass is 374 g/mol. The van der Waals surface area contributed by atoms with Gasteiger partial charge in [0.15, 0.2) is 5.96 Å². The summed E-state index contributed by atoms with van der Waals surface area (Å²) in [5.41, 5.74) is 1.87. The summed E-state index contributed by atoms with van der Waals surface area (Å²) in [4.78, 5) is 30.0. The first kappa shape index (κ1) is 20.7. The Morgan fingerprint density at radius 3 is 2.48 bits per heavy atom. The van der Waals surface area contributed by atoms with Gasteiger partial charge < -0.3 is 20.3 Å². The van der Waals surface area contributed by atoms with Gasteiger partial charge in [-0.15, -0.1) is 0 Å². The number of methoxy groups -OCH3 is 1. The predicted molar refractivity (Wildman–Crippen MR) is 106 cm³/mol. The molecule has 0 bridgehead atoms. The second-order valence-corrected chi connectivity index (χ2v) is 7.25. The van der Waals surface area contributed by atoms with E-state index in [1.807, 2.05) is 38.1 Å². The molecule has 0 aliphatic carbocycles. The van der Waals surface area contributed by atoms with Crippen LogP contribution >= 0.6 is 0 Å². The van der Waals surface area contributed by atoms with Crippen LogP contribution in [0.1, 0.15) is 26.3 Å². The van der Waals surface area contributed by atoms with Gasteiger partial charge in [0.05, 0.1) is 13.0 Å². The number of carbonyl (C=O) groups is 2. The number of likely N-dealkylation sites (tertiary alicyclic amines) is 1. The van der Waals surface area contributed by atoms with E-state index >= 15 is 0 Å². The summed E-state index contributed by atoms with van der Waals surface area (Å²) in [7, 11) is 3.17. The topological polar surface area (TPSA) is 83.0 Å². The summed E-state index contributed by atoms with van der Waals surface area (Å²) in [6.45, 7) is 7.76. The number of nitrogens with zero attached hydrogens (tertiary/aromatic N) is 2. The number of anilines is 1. The molecular formula is C20H30N4O3. The zero-order valence-corrected chi connectivity index (χ0v) is 16.8. The minimum Gasteiger partial charge on any atom is -0.469 e. The van der Waals surface area contributed by atoms with Gasteiger partial charge in [-0.3, -0.25) is 14.6 Å². The fourth-order valence-corrected chi connectivity index (χ4v) is 3.10. The van der Waals surface area contributed by atoms with Crippen molar-refractivity contribution >= 4 is 23.5 Å². The second-order valence-electron chi connectivity index (χ2n) is 7.25. The third kappa shape index (κ3) is 5.45. The molecule has 7 nitrogen and oxygen atoms in total. The minimum atomic E-state index is -0.167. The van der Waals surface area contributed by atoms with Crippen LogP contribution in [0.2, 0.25) is 0 Å². The van der Waals surface area contributed by atoms with Crippen LogP contribution in [0.5, 0.6) is 0 Å². The van der Waals surface area contributed by atoms with Gasteiger partial charge in [-0.05, 0) is 23.6 Å². The van der Waals surface area contributed by atoms with Crippen LogP contribution in [-0.4, -0.2) is 50.0 Å². The van der Waals surface area contributed by atoms with Crippen molar-refractivity contribution in [3.63, 3.8) is 0 Å². The molecule has 0 saturated carbocycles. The molecule has 7 heteroatoms. The number of aliphatic imine (C=N–C) groups is 1. The van der Waals surface area contributed by atoms with Gasteiger partial charge in [-0.25, -0.2) is 0 Å². The minimum absolute atomic E-state index is 0.00425. The predicted octanol–water partition coefficient (Wildman–Crippen LogP) is 2.10. The smallest absolute Gasteiger partial charge is 0.310 e. The highest BCUT2D eigenvalue weighted by Gasteiger charge is 2.36. The second kappa shape index (κ2) is 9.39. The number of esters is 1. The molecular weight excluding hydrogens is 344 g/mol. The Bertz CT molecular complexity index is 685. The number of hydrogen-bond donors (Lipinski definition) is 2. The number of amides is 1. The fourth-order valence-electron chi connectivity index (χ4n) is 3.10. The Balaban J connectivity index is 1.91. The molecule has 0 aromatic heterocycles. The molecule has 2 rings (SSSR count). The molecule has 2 N–H and O–H groups in total. The van der Waals surface area contributed by atoms with Gasteiger partial charge in [0.2, 0.25) is 5.91 Å². The Morgan fingerprint density at radius 2 is 1.93 bits per heavy atom. The van der Waals surface area contributed by atoms with E-state index in [2.05, 4.69) is 27.4 Å². The largest absolute Gasteiger partial charge is 0.469 e. The van der Waals surface area contributed by atoms with Crippen LogP contribution in [-0.2, 0) is 20.9 Å². The van der Waals surface area contributed by atoms with E-state index in [-0.39, 0.29) is 29.6 Å². The Kier molecular flexibility index (Phi) is 7.21. The van der Waals surface area contributed by atoms with Crippen molar-refractivity contribution in [2.75, 3.05) is 32.6 Å². The summed E-state index contributed by atoms with van der Waals surface area (Å²) in [6.07, 6.45) is 0. The molecule has 1 aromatic rings. The van der Waals surface area contributed by atoms with Gasteiger partial charge in [-0.1, -0.05) is 32.9 Å². The first-order chi connectivity index (χ1) is 12.8. The normalized spacial score (nSPS) is 19.9. The molecule has 1 aromatic carbocycles. The van der Waals surface area contributed by atoms with Crippen molar-refractivity contribution in [2.45, 2.75) is 27.3 Å². The van der Waals surface area contributed by atoms with Gasteiger partial charge in [0.1, 0.15) is 0 Å². The van der Waals surface area contributed by atoms with Gasteiger partial charge in [0, 0.05) is 38.3 Å². The molecule has 2 atom stereocenters. The summed E-state index contributed by atoms with van der Waals surface area (Å²) in [5.74, 6) is 0.651. The maximum absolute atomic E-state index is 11.9. The number of benzene rings is 1. The number of carbonyl (C=O) groups excluding carboxylic acids is 2. The summed E-state index contributed by atoms with van der Waals surface area (Å²) in [5, 5.41) is 6.22. The average Bonchev–Trinajstić information content (AvgIpc) is 3.04. The third-order valence-corrected chi connectivity index (χ3v) is 4.82. The number of hydrogen-bond acceptors (Lipinski definition) is 4. The lowest BCUT2D eigenvalue weighted by molar-refractivity contribution is -0.146. The molecule has 1 heterocycles. The van der Waals surface area contributed by atoms with Crippen LogP contribution in [0.15, 0.2) is 29.3 Å². The molecule has 1 saturated heterocycles. The Morgan fingerprint density at radius 1 is 1.26 bits per heavy atom. The zero-order valence-electron chi connectivity index (χ0n) is 16.8. The molecule has 1 fully saturated rings. The first-order valence-corrected chi connectivity index (χ1v) is 9.29. The number of rotatable bonds is 5. The molecule has 2 unspecified atom stereocenters. The van der Waals surface area contributed by atoms with Crippen molar-refractivity contribution in [2.24, 2.45) is 22.7 Å². The summed E-state index contributed by atoms with van der Waals surface area (Å²) in [6, 6.07) is 7.73. The Hall–Kier alpha value is -2.57. The van der Waals surface area contributed by atoms with Crippen LogP contribution in [0.25, 0.3) is 0 Å². The Labute approximate surface area is 161 Å². The molecule has 1 amide bonds. The van der Waals surface area contributed by atoms with Crippen LogP contribution in [0, 0.1) is 17.8 Å². The van der Waals surface area contributed by atoms with Gasteiger partial charge >= 0.3 is 5.97 Å². The molecule has 0 radical (unpaired) electrons. The van der Waals surface area contributed by atoms with Crippen LogP contribution < -0.4 is 10.6 Å². The lowest BCUT2D eigenvalue weighted by Gasteiger charge is -2.21. The lowest BCUT2D eigenvalue weighted by atomic mass is 9.99. The fraction of sp³-hybridized carbons (Fsp3) is 0.550. The van der Waals surface area contributed by atoms with Crippen molar-refractivity contribution in [1.82, 2.24) is 10.2 Å². The molecule has 1 aliphatic heterocycles. The third-order valence-electron chi connectivity index (χ3n) is 4.82. The highest BCUT2D eigenvalue weighted by molar-refractivity contribution is 5.92. The highest BCUT2D eigenvalue weighted by Crippen LogP contribution is 2.24. The van der Waals surface area contributed by atoms with E-state index < -0.39 is 0 Å². The SMILES string of the molecule is CN=C(NCc1ccc(NC(=O)C(C)C)cc1)N1CC(C)C(C(=O)OC)C1. The van der Waals surface area contributed by atoms with E-state index in [4.69, 9.17) is 4.74 Å². The summed E-state index contributed by atoms with van der Waals surface area (Å²) >= 11 is 0. The van der Waals surface area contributed by atoms with E-state index in [0.717, 1.165) is 23.8 Å². The van der Waals surface area contributed by atoms with Crippen molar-refractivity contribution in [3.05, 3.63) is 29.8 Å². The number of ether oxygens (including phenoxy) is 1. The van der Waals surface area contributed by atoms with Crippen molar-refractivity contribution < 1.29 is 14.3 Å². The van der Waals surface area contributed by atoms with E-state index in [0.29, 0.717) is 13.1 Å². The van der Waals surface area contributed by atoms with Crippen LogP contribution in [0.3, 0.4) is 0 Å². The summed E-state index contributed by atoms with van der Waals surface area (Å²) < 4.78 is 4.89. The van der Waals surface area contributed by atoms with E-state index in [1.165, 1.54) is 7.11 Å². The lowest BCUT2D eigenvalue weighted by Crippen LogP contribution is -2.40. The van der Waals surface area contributed by atoms with Crippen molar-refractivity contribution in [3.8, 4) is 0 Å². The van der Waals surface area contributed by atoms with E-state index in [1.54, 1.807) is 7.05 Å². The molecule has 27 heavy (non-hydrogen) atoms. The van der Waals surface area contributed by atoms with Gasteiger partial charge in [0.25, 0.3) is 0 Å². The first-order valence-electron chi connectivity index (χ1n) is 9.29. The zero-order chi connectivity index (χ0) is 20.0. The van der Waals surface area contributed by atoms with E-state index in [9.17, 15) is 9.59 Å². The number of guanidine groups is 1. The quantitative estimate of drug-likeness (QED) is 0.468. The maximum Gasteiger partial charge on any atom is 0.310 e. The maximum atomic E-state index is 11.9. The van der Waals surface area contributed by atoms with Crippen molar-refractivity contribution in [1.29, 1.82) is 0 Å². The molecule has 1 aliphatic rings. The average molecular weight is 374 g/mol. The van der Waals surface area contributed by atoms with Crippen LogP contribution in [0.4, 0.5) is 5.69 Å². The molecule has 0 spiro atoms.